The quantitative estimate of drug-likeness (QED) is 0.168. The summed E-state index contributed by atoms with van der Waals surface area (Å²) in [5.41, 5.74) is 2.18. The standard InChI is InChI=1S/C25H38N2OS/c1-4-6-8-9-10-12-18-29-25-26-19-23(20-27-25)22-14-16-24(17-15-22)28-21(3)13-11-7-5-2/h14-17,19-21H,4-13,18H2,1-3H3/t21-/m1/s1. The number of unbranched alkanes of at least 4 members (excludes halogenated alkanes) is 7. The first-order valence-corrected chi connectivity index (χ1v) is 12.4. The molecular formula is C25H38N2OS. The summed E-state index contributed by atoms with van der Waals surface area (Å²) in [5, 5.41) is 0.878. The van der Waals surface area contributed by atoms with Crippen molar-refractivity contribution >= 4 is 11.8 Å². The summed E-state index contributed by atoms with van der Waals surface area (Å²) in [6.45, 7) is 6.64. The topological polar surface area (TPSA) is 35.0 Å². The van der Waals surface area contributed by atoms with Crippen LogP contribution in [-0.2, 0) is 0 Å². The van der Waals surface area contributed by atoms with Gasteiger partial charge in [-0.05, 0) is 43.9 Å². The van der Waals surface area contributed by atoms with Gasteiger partial charge in [0.05, 0.1) is 6.10 Å². The van der Waals surface area contributed by atoms with E-state index in [1.165, 1.54) is 57.8 Å². The Labute approximate surface area is 182 Å². The van der Waals surface area contributed by atoms with E-state index in [0.29, 0.717) is 0 Å². The number of rotatable bonds is 15. The Morgan fingerprint density at radius 2 is 1.41 bits per heavy atom. The highest BCUT2D eigenvalue weighted by Gasteiger charge is 2.06. The van der Waals surface area contributed by atoms with Gasteiger partial charge >= 0.3 is 0 Å². The van der Waals surface area contributed by atoms with Crippen LogP contribution in [0.2, 0.25) is 0 Å². The lowest BCUT2D eigenvalue weighted by atomic mass is 10.1. The molecule has 0 unspecified atom stereocenters. The third-order valence-electron chi connectivity index (χ3n) is 5.10. The molecule has 0 N–H and O–H groups in total. The Bertz CT molecular complexity index is 658. The molecule has 1 heterocycles. The average molecular weight is 415 g/mol. The average Bonchev–Trinajstić information content (AvgIpc) is 2.74. The fraction of sp³-hybridized carbons (Fsp3) is 0.600. The molecule has 0 saturated heterocycles. The van der Waals surface area contributed by atoms with Gasteiger partial charge in [-0.2, -0.15) is 0 Å². The second-order valence-corrected chi connectivity index (χ2v) is 8.88. The summed E-state index contributed by atoms with van der Waals surface area (Å²) < 4.78 is 6.02. The predicted octanol–water partition coefficient (Wildman–Crippen LogP) is 7.94. The fourth-order valence-electron chi connectivity index (χ4n) is 3.28. The third kappa shape index (κ3) is 9.66. The summed E-state index contributed by atoms with van der Waals surface area (Å²) in [5.74, 6) is 2.04. The zero-order valence-corrected chi connectivity index (χ0v) is 19.3. The van der Waals surface area contributed by atoms with Crippen molar-refractivity contribution in [2.45, 2.75) is 96.2 Å². The summed E-state index contributed by atoms with van der Waals surface area (Å²) in [7, 11) is 0. The molecule has 0 spiro atoms. The van der Waals surface area contributed by atoms with E-state index in [0.717, 1.165) is 34.2 Å². The number of hydrogen-bond donors (Lipinski definition) is 0. The van der Waals surface area contributed by atoms with Gasteiger partial charge in [0.25, 0.3) is 0 Å². The molecule has 1 aromatic carbocycles. The molecule has 0 aliphatic rings. The predicted molar refractivity (Wildman–Crippen MR) is 126 cm³/mol. The fourth-order valence-corrected chi connectivity index (χ4v) is 4.07. The first-order valence-electron chi connectivity index (χ1n) is 11.4. The maximum absolute atomic E-state index is 6.02. The van der Waals surface area contributed by atoms with Crippen molar-refractivity contribution in [2.75, 3.05) is 5.75 Å². The van der Waals surface area contributed by atoms with Gasteiger partial charge in [0.2, 0.25) is 0 Å². The van der Waals surface area contributed by atoms with E-state index in [2.05, 4.69) is 42.9 Å². The summed E-state index contributed by atoms with van der Waals surface area (Å²) in [4.78, 5) is 9.07. The lowest BCUT2D eigenvalue weighted by Crippen LogP contribution is -2.11. The van der Waals surface area contributed by atoms with Crippen LogP contribution in [0.3, 0.4) is 0 Å². The lowest BCUT2D eigenvalue weighted by Gasteiger charge is -2.14. The van der Waals surface area contributed by atoms with Crippen LogP contribution in [0, 0.1) is 0 Å². The maximum Gasteiger partial charge on any atom is 0.187 e. The zero-order valence-electron chi connectivity index (χ0n) is 18.5. The highest BCUT2D eigenvalue weighted by Crippen LogP contribution is 2.24. The third-order valence-corrected chi connectivity index (χ3v) is 6.06. The van der Waals surface area contributed by atoms with Crippen LogP contribution in [0.1, 0.15) is 85.0 Å². The van der Waals surface area contributed by atoms with E-state index < -0.39 is 0 Å². The van der Waals surface area contributed by atoms with E-state index >= 15 is 0 Å². The molecule has 1 aromatic heterocycles. The van der Waals surface area contributed by atoms with Crippen LogP contribution < -0.4 is 4.74 Å². The monoisotopic (exact) mass is 414 g/mol. The SMILES string of the molecule is CCCCCCCCSc1ncc(-c2ccc(O[C@H](C)CCCCC)cc2)cn1. The molecule has 0 radical (unpaired) electrons. The minimum absolute atomic E-state index is 0.263. The van der Waals surface area contributed by atoms with E-state index in [1.54, 1.807) is 11.8 Å². The largest absolute Gasteiger partial charge is 0.491 e. The van der Waals surface area contributed by atoms with Gasteiger partial charge in [0.15, 0.2) is 5.16 Å². The number of aromatic nitrogens is 2. The molecule has 160 valence electrons. The van der Waals surface area contributed by atoms with E-state index in [1.807, 2.05) is 24.5 Å². The van der Waals surface area contributed by atoms with Crippen LogP contribution in [0.15, 0.2) is 41.8 Å². The highest BCUT2D eigenvalue weighted by atomic mass is 32.2. The van der Waals surface area contributed by atoms with Gasteiger partial charge in [-0.15, -0.1) is 0 Å². The number of thioether (sulfide) groups is 1. The molecule has 4 heteroatoms. The molecule has 2 aromatic rings. The van der Waals surface area contributed by atoms with Crippen molar-refractivity contribution in [1.82, 2.24) is 9.97 Å². The normalized spacial score (nSPS) is 12.1. The second-order valence-electron chi connectivity index (χ2n) is 7.82. The van der Waals surface area contributed by atoms with Crippen LogP contribution in [0.4, 0.5) is 0 Å². The van der Waals surface area contributed by atoms with Crippen LogP contribution >= 0.6 is 11.8 Å². The van der Waals surface area contributed by atoms with E-state index in [-0.39, 0.29) is 6.10 Å². The van der Waals surface area contributed by atoms with Crippen molar-refractivity contribution in [1.29, 1.82) is 0 Å². The first-order chi connectivity index (χ1) is 14.2. The minimum atomic E-state index is 0.263. The molecule has 29 heavy (non-hydrogen) atoms. The molecule has 0 fully saturated rings. The lowest BCUT2D eigenvalue weighted by molar-refractivity contribution is 0.206. The Kier molecular flexibility index (Phi) is 11.8. The molecule has 0 saturated carbocycles. The van der Waals surface area contributed by atoms with Crippen LogP contribution in [-0.4, -0.2) is 21.8 Å². The summed E-state index contributed by atoms with van der Waals surface area (Å²) >= 11 is 1.76. The minimum Gasteiger partial charge on any atom is -0.491 e. The maximum atomic E-state index is 6.02. The second kappa shape index (κ2) is 14.4. The number of hydrogen-bond acceptors (Lipinski definition) is 4. The van der Waals surface area contributed by atoms with Gasteiger partial charge in [0.1, 0.15) is 5.75 Å². The molecule has 0 aliphatic carbocycles. The van der Waals surface area contributed by atoms with Crippen LogP contribution in [0.5, 0.6) is 5.75 Å². The van der Waals surface area contributed by atoms with Crippen LogP contribution in [0.25, 0.3) is 11.1 Å². The van der Waals surface area contributed by atoms with Gasteiger partial charge in [-0.25, -0.2) is 9.97 Å². The molecule has 1 atom stereocenters. The number of nitrogens with zero attached hydrogens (tertiary/aromatic N) is 2. The first kappa shape index (κ1) is 23.7. The molecule has 0 aliphatic heterocycles. The van der Waals surface area contributed by atoms with Gasteiger partial charge in [-0.3, -0.25) is 0 Å². The van der Waals surface area contributed by atoms with E-state index in [9.17, 15) is 0 Å². The Morgan fingerprint density at radius 3 is 2.10 bits per heavy atom. The van der Waals surface area contributed by atoms with Gasteiger partial charge in [-0.1, -0.05) is 82.7 Å². The Hall–Kier alpha value is -1.55. The molecule has 3 nitrogen and oxygen atoms in total. The smallest absolute Gasteiger partial charge is 0.187 e. The van der Waals surface area contributed by atoms with Gasteiger partial charge < -0.3 is 4.74 Å². The van der Waals surface area contributed by atoms with Crippen molar-refractivity contribution in [2.24, 2.45) is 0 Å². The zero-order chi connectivity index (χ0) is 20.7. The number of ether oxygens (including phenoxy) is 1. The van der Waals surface area contributed by atoms with Crippen molar-refractivity contribution < 1.29 is 4.74 Å². The highest BCUT2D eigenvalue weighted by molar-refractivity contribution is 7.99. The van der Waals surface area contributed by atoms with E-state index in [4.69, 9.17) is 4.74 Å². The van der Waals surface area contributed by atoms with Crippen molar-refractivity contribution in [3.05, 3.63) is 36.7 Å². The molecule has 0 amide bonds. The van der Waals surface area contributed by atoms with Crippen molar-refractivity contribution in [3.63, 3.8) is 0 Å². The molecule has 2 rings (SSSR count). The Morgan fingerprint density at radius 1 is 0.793 bits per heavy atom. The van der Waals surface area contributed by atoms with Gasteiger partial charge in [0, 0.05) is 23.7 Å². The Balaban J connectivity index is 1.74. The number of benzene rings is 1. The molecular weight excluding hydrogens is 376 g/mol. The molecule has 0 bridgehead atoms. The summed E-state index contributed by atoms with van der Waals surface area (Å²) in [6.07, 6.45) is 17.0. The van der Waals surface area contributed by atoms with Crippen molar-refractivity contribution in [3.8, 4) is 16.9 Å². The summed E-state index contributed by atoms with van der Waals surface area (Å²) in [6, 6.07) is 8.28.